The van der Waals surface area contributed by atoms with Crippen LogP contribution in [0.1, 0.15) is 52.4 Å². The molecule has 7 heteroatoms. The summed E-state index contributed by atoms with van der Waals surface area (Å²) < 4.78 is 28.6. The molecule has 19 heavy (non-hydrogen) atoms. The van der Waals surface area contributed by atoms with Gasteiger partial charge in [0.2, 0.25) is 0 Å². The van der Waals surface area contributed by atoms with Gasteiger partial charge in [-0.15, -0.1) is 0 Å². The molecular weight excluding hydrogens is 268 g/mol. The Kier molecular flexibility index (Phi) is 6.22. The molecule has 0 aliphatic carbocycles. The van der Waals surface area contributed by atoms with E-state index in [9.17, 15) is 13.2 Å². The zero-order valence-electron chi connectivity index (χ0n) is 11.6. The molecule has 2 N–H and O–H groups in total. The van der Waals surface area contributed by atoms with Crippen molar-refractivity contribution in [3.05, 3.63) is 0 Å². The summed E-state index contributed by atoms with van der Waals surface area (Å²) in [7, 11) is -3.45. The molecule has 1 heterocycles. The van der Waals surface area contributed by atoms with Crippen LogP contribution in [0.4, 0.5) is 0 Å². The van der Waals surface area contributed by atoms with Crippen molar-refractivity contribution < 1.29 is 18.3 Å². The first-order valence-electron chi connectivity index (χ1n) is 6.84. The lowest BCUT2D eigenvalue weighted by molar-refractivity contribution is -0.137. The standard InChI is InChI=1S/C12H24N2O4S/c1-10(6-5-8-12(15)16)13-19(17,18)14-9-4-3-7-11(14)2/h10-11,13H,3-9H2,1-2H3,(H,15,16). The van der Waals surface area contributed by atoms with Crippen molar-refractivity contribution in [1.29, 1.82) is 0 Å². The highest BCUT2D eigenvalue weighted by Gasteiger charge is 2.30. The number of nitrogens with one attached hydrogen (secondary N) is 1. The summed E-state index contributed by atoms with van der Waals surface area (Å²) in [6.07, 6.45) is 3.96. The molecule has 1 rings (SSSR count). The summed E-state index contributed by atoms with van der Waals surface area (Å²) >= 11 is 0. The molecule has 0 radical (unpaired) electrons. The largest absolute Gasteiger partial charge is 0.481 e. The normalized spacial score (nSPS) is 23.2. The van der Waals surface area contributed by atoms with Gasteiger partial charge in [0.1, 0.15) is 0 Å². The molecule has 1 saturated heterocycles. The molecule has 112 valence electrons. The van der Waals surface area contributed by atoms with E-state index in [1.165, 1.54) is 4.31 Å². The fourth-order valence-corrected chi connectivity index (χ4v) is 4.08. The van der Waals surface area contributed by atoms with Crippen LogP contribution in [0.3, 0.4) is 0 Å². The van der Waals surface area contributed by atoms with Gasteiger partial charge in [0.05, 0.1) is 0 Å². The van der Waals surface area contributed by atoms with Crippen LogP contribution in [0.5, 0.6) is 0 Å². The van der Waals surface area contributed by atoms with Crippen LogP contribution in [0.25, 0.3) is 0 Å². The van der Waals surface area contributed by atoms with Crippen molar-refractivity contribution in [2.24, 2.45) is 0 Å². The first kappa shape index (κ1) is 16.4. The minimum atomic E-state index is -3.45. The maximum absolute atomic E-state index is 12.2. The molecule has 2 unspecified atom stereocenters. The average Bonchev–Trinajstić information content (AvgIpc) is 2.27. The predicted octanol–water partition coefficient (Wildman–Crippen LogP) is 1.34. The molecule has 1 aliphatic heterocycles. The molecule has 6 nitrogen and oxygen atoms in total. The van der Waals surface area contributed by atoms with E-state index in [0.717, 1.165) is 19.3 Å². The van der Waals surface area contributed by atoms with Crippen LogP contribution in [-0.2, 0) is 15.0 Å². The van der Waals surface area contributed by atoms with E-state index in [1.54, 1.807) is 6.92 Å². The number of nitrogens with zero attached hydrogens (tertiary/aromatic N) is 1. The Balaban J connectivity index is 2.46. The predicted molar refractivity (Wildman–Crippen MR) is 73.0 cm³/mol. The smallest absolute Gasteiger partial charge is 0.303 e. The first-order valence-corrected chi connectivity index (χ1v) is 8.28. The van der Waals surface area contributed by atoms with E-state index < -0.39 is 16.2 Å². The van der Waals surface area contributed by atoms with Crippen LogP contribution in [0.2, 0.25) is 0 Å². The highest BCUT2D eigenvalue weighted by atomic mass is 32.2. The summed E-state index contributed by atoms with van der Waals surface area (Å²) in [5.74, 6) is -0.847. The van der Waals surface area contributed by atoms with Gasteiger partial charge in [0.15, 0.2) is 0 Å². The second-order valence-corrected chi connectivity index (χ2v) is 6.92. The van der Waals surface area contributed by atoms with Gasteiger partial charge in [-0.2, -0.15) is 17.4 Å². The van der Waals surface area contributed by atoms with Crippen LogP contribution in [0.15, 0.2) is 0 Å². The second kappa shape index (κ2) is 7.21. The summed E-state index contributed by atoms with van der Waals surface area (Å²) in [6, 6.07) is -0.198. The quantitative estimate of drug-likeness (QED) is 0.741. The molecule has 1 aliphatic rings. The van der Waals surface area contributed by atoms with Gasteiger partial charge in [0.25, 0.3) is 10.2 Å². The van der Waals surface area contributed by atoms with Crippen LogP contribution >= 0.6 is 0 Å². The Morgan fingerprint density at radius 3 is 2.74 bits per heavy atom. The molecule has 0 aromatic heterocycles. The van der Waals surface area contributed by atoms with Crippen molar-refractivity contribution >= 4 is 16.2 Å². The lowest BCUT2D eigenvalue weighted by Gasteiger charge is -2.33. The maximum atomic E-state index is 12.2. The highest BCUT2D eigenvalue weighted by Crippen LogP contribution is 2.19. The molecule has 0 spiro atoms. The zero-order valence-corrected chi connectivity index (χ0v) is 12.4. The monoisotopic (exact) mass is 292 g/mol. The van der Waals surface area contributed by atoms with Gasteiger partial charge in [-0.05, 0) is 39.5 Å². The number of hydrogen-bond acceptors (Lipinski definition) is 3. The Morgan fingerprint density at radius 1 is 1.47 bits per heavy atom. The van der Waals surface area contributed by atoms with Crippen molar-refractivity contribution in [1.82, 2.24) is 9.03 Å². The molecule has 0 aromatic carbocycles. The third-order valence-electron chi connectivity index (χ3n) is 3.43. The summed E-state index contributed by atoms with van der Waals surface area (Å²) in [5.41, 5.74) is 0. The van der Waals surface area contributed by atoms with E-state index in [2.05, 4.69) is 4.72 Å². The van der Waals surface area contributed by atoms with Crippen LogP contribution in [0, 0.1) is 0 Å². The average molecular weight is 292 g/mol. The minimum Gasteiger partial charge on any atom is -0.481 e. The zero-order chi connectivity index (χ0) is 14.5. The van der Waals surface area contributed by atoms with Crippen LogP contribution < -0.4 is 4.72 Å². The van der Waals surface area contributed by atoms with Gasteiger partial charge in [0, 0.05) is 25.0 Å². The highest BCUT2D eigenvalue weighted by molar-refractivity contribution is 7.87. The van der Waals surface area contributed by atoms with E-state index in [4.69, 9.17) is 5.11 Å². The second-order valence-electron chi connectivity index (χ2n) is 5.27. The molecule has 0 aromatic rings. The Bertz CT molecular complexity index is 397. The van der Waals surface area contributed by atoms with E-state index in [0.29, 0.717) is 19.4 Å². The summed E-state index contributed by atoms with van der Waals surface area (Å²) in [6.45, 7) is 4.26. The molecular formula is C12H24N2O4S. The lowest BCUT2D eigenvalue weighted by Crippen LogP contribution is -2.50. The topological polar surface area (TPSA) is 86.7 Å². The van der Waals surface area contributed by atoms with Gasteiger partial charge in [-0.1, -0.05) is 6.42 Å². The molecule has 0 amide bonds. The molecule has 0 bridgehead atoms. The number of aliphatic carboxylic acids is 1. The SMILES string of the molecule is CC(CCCC(=O)O)NS(=O)(=O)N1CCCCC1C. The fraction of sp³-hybridized carbons (Fsp3) is 0.917. The van der Waals surface area contributed by atoms with Crippen molar-refractivity contribution in [2.45, 2.75) is 64.5 Å². The van der Waals surface area contributed by atoms with E-state index >= 15 is 0 Å². The number of carboxylic acid groups (broad SMARTS) is 1. The van der Waals surface area contributed by atoms with Gasteiger partial charge in [-0.25, -0.2) is 0 Å². The molecule has 1 fully saturated rings. The van der Waals surface area contributed by atoms with Crippen molar-refractivity contribution in [2.75, 3.05) is 6.54 Å². The number of carbonyl (C=O) groups is 1. The Labute approximate surface area is 115 Å². The van der Waals surface area contributed by atoms with Crippen LogP contribution in [-0.4, -0.2) is 42.4 Å². The minimum absolute atomic E-state index is 0.0393. The lowest BCUT2D eigenvalue weighted by atomic mass is 10.1. The molecule has 0 saturated carbocycles. The maximum Gasteiger partial charge on any atom is 0.303 e. The number of rotatable bonds is 7. The van der Waals surface area contributed by atoms with E-state index in [-0.39, 0.29) is 18.5 Å². The molecule has 2 atom stereocenters. The summed E-state index contributed by atoms with van der Waals surface area (Å²) in [5, 5.41) is 8.55. The number of piperidine rings is 1. The Morgan fingerprint density at radius 2 is 2.16 bits per heavy atom. The summed E-state index contributed by atoms with van der Waals surface area (Å²) in [4.78, 5) is 10.4. The van der Waals surface area contributed by atoms with Gasteiger partial charge >= 0.3 is 5.97 Å². The fourth-order valence-electron chi connectivity index (χ4n) is 2.37. The first-order chi connectivity index (χ1) is 8.83. The third kappa shape index (κ3) is 5.46. The van der Waals surface area contributed by atoms with E-state index in [1.807, 2.05) is 6.92 Å². The van der Waals surface area contributed by atoms with Gasteiger partial charge in [-0.3, -0.25) is 4.79 Å². The Hall–Kier alpha value is -0.660. The third-order valence-corrected chi connectivity index (χ3v) is 5.29. The van der Waals surface area contributed by atoms with Crippen molar-refractivity contribution in [3.8, 4) is 0 Å². The van der Waals surface area contributed by atoms with Crippen molar-refractivity contribution in [3.63, 3.8) is 0 Å². The number of carboxylic acids is 1. The van der Waals surface area contributed by atoms with Gasteiger partial charge < -0.3 is 5.11 Å². The number of hydrogen-bond donors (Lipinski definition) is 2.